The lowest BCUT2D eigenvalue weighted by molar-refractivity contribution is -0.149. The SMILES string of the molecule is CCOC(=O)CCCC(C)C(=O)OCCC#N. The number of carbonyl (C=O) groups excluding carboxylic acids is 2. The van der Waals surface area contributed by atoms with Crippen LogP contribution in [0.15, 0.2) is 0 Å². The van der Waals surface area contributed by atoms with Crippen LogP contribution in [0.3, 0.4) is 0 Å². The van der Waals surface area contributed by atoms with Gasteiger partial charge >= 0.3 is 11.9 Å². The van der Waals surface area contributed by atoms with Crippen molar-refractivity contribution in [3.8, 4) is 6.07 Å². The summed E-state index contributed by atoms with van der Waals surface area (Å²) in [4.78, 5) is 22.4. The highest BCUT2D eigenvalue weighted by Crippen LogP contribution is 2.10. The van der Waals surface area contributed by atoms with Crippen molar-refractivity contribution in [1.29, 1.82) is 5.26 Å². The first kappa shape index (κ1) is 15.4. The summed E-state index contributed by atoms with van der Waals surface area (Å²) < 4.78 is 9.64. The fraction of sp³-hybridized carbons (Fsp3) is 0.750. The molecule has 0 aliphatic rings. The van der Waals surface area contributed by atoms with Crippen molar-refractivity contribution in [2.45, 2.75) is 39.5 Å². The van der Waals surface area contributed by atoms with Gasteiger partial charge in [0.25, 0.3) is 0 Å². The predicted octanol–water partition coefficient (Wildman–Crippen LogP) is 1.81. The Hall–Kier alpha value is -1.57. The van der Waals surface area contributed by atoms with E-state index in [2.05, 4.69) is 0 Å². The number of hydrogen-bond acceptors (Lipinski definition) is 5. The number of rotatable bonds is 8. The number of nitrogens with zero attached hydrogens (tertiary/aromatic N) is 1. The van der Waals surface area contributed by atoms with Gasteiger partial charge < -0.3 is 9.47 Å². The molecule has 5 nitrogen and oxygen atoms in total. The Labute approximate surface area is 102 Å². The van der Waals surface area contributed by atoms with Crippen LogP contribution >= 0.6 is 0 Å². The van der Waals surface area contributed by atoms with Crippen molar-refractivity contribution in [3.63, 3.8) is 0 Å². The van der Waals surface area contributed by atoms with E-state index in [1.807, 2.05) is 6.07 Å². The van der Waals surface area contributed by atoms with E-state index in [1.165, 1.54) is 0 Å². The molecule has 17 heavy (non-hydrogen) atoms. The van der Waals surface area contributed by atoms with E-state index in [-0.39, 0.29) is 30.9 Å². The van der Waals surface area contributed by atoms with E-state index >= 15 is 0 Å². The van der Waals surface area contributed by atoms with E-state index in [0.29, 0.717) is 25.9 Å². The van der Waals surface area contributed by atoms with Crippen molar-refractivity contribution in [1.82, 2.24) is 0 Å². The summed E-state index contributed by atoms with van der Waals surface area (Å²) in [6.45, 7) is 4.02. The Morgan fingerprint density at radius 3 is 2.65 bits per heavy atom. The standard InChI is InChI=1S/C12H19NO4/c1-3-16-11(14)7-4-6-10(2)12(15)17-9-5-8-13/h10H,3-7,9H2,1-2H3. The number of nitriles is 1. The molecule has 0 bridgehead atoms. The Morgan fingerprint density at radius 2 is 2.06 bits per heavy atom. The Balaban J connectivity index is 3.64. The van der Waals surface area contributed by atoms with Crippen LogP contribution in [-0.4, -0.2) is 25.2 Å². The van der Waals surface area contributed by atoms with Gasteiger partial charge in [0.2, 0.25) is 0 Å². The monoisotopic (exact) mass is 241 g/mol. The molecule has 0 aromatic rings. The minimum atomic E-state index is -0.316. The first-order valence-corrected chi connectivity index (χ1v) is 5.81. The zero-order chi connectivity index (χ0) is 13.1. The summed E-state index contributed by atoms with van der Waals surface area (Å²) in [5.74, 6) is -0.801. The number of esters is 2. The maximum absolute atomic E-state index is 11.4. The molecule has 0 radical (unpaired) electrons. The molecule has 0 saturated carbocycles. The lowest BCUT2D eigenvalue weighted by Crippen LogP contribution is -2.16. The second-order valence-electron chi connectivity index (χ2n) is 3.67. The molecule has 0 N–H and O–H groups in total. The molecule has 5 heteroatoms. The summed E-state index contributed by atoms with van der Waals surface area (Å²) in [5, 5.41) is 8.28. The number of ether oxygens (including phenoxy) is 2. The summed E-state index contributed by atoms with van der Waals surface area (Å²) in [6.07, 6.45) is 1.72. The maximum Gasteiger partial charge on any atom is 0.308 e. The molecule has 1 unspecified atom stereocenters. The van der Waals surface area contributed by atoms with Crippen LogP contribution in [0.2, 0.25) is 0 Å². The average Bonchev–Trinajstić information content (AvgIpc) is 2.29. The van der Waals surface area contributed by atoms with Crippen LogP contribution in [0.5, 0.6) is 0 Å². The largest absolute Gasteiger partial charge is 0.466 e. The fourth-order valence-corrected chi connectivity index (χ4v) is 1.24. The van der Waals surface area contributed by atoms with Crippen LogP contribution in [-0.2, 0) is 19.1 Å². The molecular weight excluding hydrogens is 222 g/mol. The van der Waals surface area contributed by atoms with Crippen molar-refractivity contribution >= 4 is 11.9 Å². The summed E-state index contributed by atoms with van der Waals surface area (Å²) in [5.41, 5.74) is 0. The molecule has 0 rings (SSSR count). The first-order valence-electron chi connectivity index (χ1n) is 5.81. The van der Waals surface area contributed by atoms with E-state index in [4.69, 9.17) is 14.7 Å². The predicted molar refractivity (Wildman–Crippen MR) is 60.8 cm³/mol. The molecule has 1 atom stereocenters. The Kier molecular flexibility index (Phi) is 8.75. The highest BCUT2D eigenvalue weighted by Gasteiger charge is 2.14. The van der Waals surface area contributed by atoms with Crippen LogP contribution in [0.1, 0.15) is 39.5 Å². The third-order valence-electron chi connectivity index (χ3n) is 2.18. The van der Waals surface area contributed by atoms with Gasteiger partial charge in [-0.3, -0.25) is 9.59 Å². The highest BCUT2D eigenvalue weighted by molar-refractivity contribution is 5.72. The minimum Gasteiger partial charge on any atom is -0.466 e. The van der Waals surface area contributed by atoms with Crippen LogP contribution in [0, 0.1) is 17.2 Å². The van der Waals surface area contributed by atoms with E-state index in [0.717, 1.165) is 0 Å². The quantitative estimate of drug-likeness (QED) is 0.478. The normalized spacial score (nSPS) is 11.4. The van der Waals surface area contributed by atoms with E-state index in [9.17, 15) is 9.59 Å². The molecular formula is C12H19NO4. The van der Waals surface area contributed by atoms with Gasteiger partial charge in [-0.2, -0.15) is 5.26 Å². The van der Waals surface area contributed by atoms with E-state index < -0.39 is 0 Å². The van der Waals surface area contributed by atoms with Gasteiger partial charge in [0.1, 0.15) is 6.61 Å². The molecule has 0 aromatic heterocycles. The Morgan fingerprint density at radius 1 is 1.35 bits per heavy atom. The lowest BCUT2D eigenvalue weighted by atomic mass is 10.0. The molecule has 0 aliphatic heterocycles. The average molecular weight is 241 g/mol. The molecule has 96 valence electrons. The Bertz CT molecular complexity index is 283. The molecule has 0 aromatic carbocycles. The maximum atomic E-state index is 11.4. The van der Waals surface area contributed by atoms with Crippen molar-refractivity contribution in [2.24, 2.45) is 5.92 Å². The van der Waals surface area contributed by atoms with Gasteiger partial charge in [-0.1, -0.05) is 6.92 Å². The molecule has 0 amide bonds. The lowest BCUT2D eigenvalue weighted by Gasteiger charge is -2.10. The number of hydrogen-bond donors (Lipinski definition) is 0. The summed E-state index contributed by atoms with van der Waals surface area (Å²) >= 11 is 0. The van der Waals surface area contributed by atoms with Gasteiger partial charge in [-0.05, 0) is 19.8 Å². The van der Waals surface area contributed by atoms with Crippen LogP contribution in [0.25, 0.3) is 0 Å². The molecule has 0 saturated heterocycles. The van der Waals surface area contributed by atoms with Crippen LogP contribution in [0.4, 0.5) is 0 Å². The van der Waals surface area contributed by atoms with Crippen molar-refractivity contribution in [2.75, 3.05) is 13.2 Å². The first-order chi connectivity index (χ1) is 8.11. The second kappa shape index (κ2) is 9.64. The van der Waals surface area contributed by atoms with Gasteiger partial charge in [-0.15, -0.1) is 0 Å². The van der Waals surface area contributed by atoms with Crippen LogP contribution < -0.4 is 0 Å². The zero-order valence-corrected chi connectivity index (χ0v) is 10.4. The molecule has 0 spiro atoms. The third-order valence-corrected chi connectivity index (χ3v) is 2.18. The molecule has 0 heterocycles. The topological polar surface area (TPSA) is 76.4 Å². The number of carbonyl (C=O) groups is 2. The minimum absolute atomic E-state index is 0.136. The van der Waals surface area contributed by atoms with E-state index in [1.54, 1.807) is 13.8 Å². The third kappa shape index (κ3) is 8.26. The smallest absolute Gasteiger partial charge is 0.308 e. The van der Waals surface area contributed by atoms with Gasteiger partial charge in [0.05, 0.1) is 25.0 Å². The molecule has 0 aliphatic carbocycles. The molecule has 0 fully saturated rings. The van der Waals surface area contributed by atoms with Crippen molar-refractivity contribution in [3.05, 3.63) is 0 Å². The van der Waals surface area contributed by atoms with Crippen molar-refractivity contribution < 1.29 is 19.1 Å². The van der Waals surface area contributed by atoms with Gasteiger partial charge in [0, 0.05) is 6.42 Å². The zero-order valence-electron chi connectivity index (χ0n) is 10.4. The fourth-order valence-electron chi connectivity index (χ4n) is 1.24. The van der Waals surface area contributed by atoms with Gasteiger partial charge in [0.15, 0.2) is 0 Å². The van der Waals surface area contributed by atoms with Gasteiger partial charge in [-0.25, -0.2) is 0 Å². The summed E-state index contributed by atoms with van der Waals surface area (Å²) in [6, 6.07) is 1.90. The highest BCUT2D eigenvalue weighted by atomic mass is 16.5. The summed E-state index contributed by atoms with van der Waals surface area (Å²) in [7, 11) is 0. The second-order valence-corrected chi connectivity index (χ2v) is 3.67.